The molecule has 0 radical (unpaired) electrons. The maximum Gasteiger partial charge on any atom is 0.227 e. The number of amides is 1. The van der Waals surface area contributed by atoms with Crippen molar-refractivity contribution in [1.82, 2.24) is 9.97 Å². The van der Waals surface area contributed by atoms with Crippen LogP contribution in [0.25, 0.3) is 10.6 Å². The van der Waals surface area contributed by atoms with E-state index in [0.717, 1.165) is 26.3 Å². The first-order valence-electron chi connectivity index (χ1n) is 6.82. The number of nitrogens with one attached hydrogen (secondary N) is 1. The third kappa shape index (κ3) is 3.94. The monoisotopic (exact) mass is 388 g/mol. The maximum absolute atomic E-state index is 10.9. The van der Waals surface area contributed by atoms with Gasteiger partial charge in [0, 0.05) is 16.4 Å². The van der Waals surface area contributed by atoms with E-state index in [1.54, 1.807) is 17.5 Å². The van der Waals surface area contributed by atoms with E-state index in [1.165, 1.54) is 0 Å². The minimum Gasteiger partial charge on any atom is -0.369 e. The summed E-state index contributed by atoms with van der Waals surface area (Å²) in [5.41, 5.74) is 7.76. The van der Waals surface area contributed by atoms with Gasteiger partial charge in [0.2, 0.25) is 11.9 Å². The zero-order valence-electron chi connectivity index (χ0n) is 12.0. The average molecular weight is 389 g/mol. The lowest BCUT2D eigenvalue weighted by atomic mass is 10.1. The first-order chi connectivity index (χ1) is 11.1. The van der Waals surface area contributed by atoms with E-state index in [1.807, 2.05) is 41.8 Å². The lowest BCUT2D eigenvalue weighted by Gasteiger charge is -2.07. The molecule has 1 amide bonds. The number of halogens is 1. The van der Waals surface area contributed by atoms with Crippen LogP contribution in [-0.4, -0.2) is 15.9 Å². The first-order valence-corrected chi connectivity index (χ1v) is 8.50. The second-order valence-electron chi connectivity index (χ2n) is 4.83. The molecule has 2 aromatic heterocycles. The van der Waals surface area contributed by atoms with E-state index in [4.69, 9.17) is 5.73 Å². The summed E-state index contributed by atoms with van der Waals surface area (Å²) in [6.07, 6.45) is 1.96. The Hall–Kier alpha value is -2.25. The lowest BCUT2D eigenvalue weighted by Crippen LogP contribution is -2.13. The number of carbonyl (C=O) groups is 1. The van der Waals surface area contributed by atoms with Crippen LogP contribution in [0.5, 0.6) is 0 Å². The van der Waals surface area contributed by atoms with Crippen molar-refractivity contribution in [2.75, 3.05) is 5.32 Å². The standard InChI is InChI=1S/C16H13BrN4OS/c17-12-6-8-23-15(12)13-5-7-19-16(21-13)20-11-3-1-10(2-4-11)9-14(18)22/h1-8H,9H2,(H2,18,22)(H,19,20,21). The van der Waals surface area contributed by atoms with E-state index in [2.05, 4.69) is 31.2 Å². The SMILES string of the molecule is NC(=O)Cc1ccc(Nc2nccc(-c3sccc3Br)n2)cc1. The van der Waals surface area contributed by atoms with Gasteiger partial charge >= 0.3 is 0 Å². The molecule has 23 heavy (non-hydrogen) atoms. The highest BCUT2D eigenvalue weighted by Crippen LogP contribution is 2.32. The van der Waals surface area contributed by atoms with Gasteiger partial charge in [-0.05, 0) is 51.1 Å². The van der Waals surface area contributed by atoms with Crippen LogP contribution in [0.2, 0.25) is 0 Å². The molecular weight excluding hydrogens is 376 g/mol. The quantitative estimate of drug-likeness (QED) is 0.697. The van der Waals surface area contributed by atoms with E-state index in [0.29, 0.717) is 5.95 Å². The number of thiophene rings is 1. The second kappa shape index (κ2) is 6.89. The first kappa shape index (κ1) is 15.6. The van der Waals surface area contributed by atoms with E-state index < -0.39 is 0 Å². The molecule has 116 valence electrons. The smallest absolute Gasteiger partial charge is 0.227 e. The number of carbonyl (C=O) groups excluding carboxylic acids is 1. The van der Waals surface area contributed by atoms with Gasteiger partial charge in [0.1, 0.15) is 0 Å². The van der Waals surface area contributed by atoms with Crippen LogP contribution in [0.15, 0.2) is 52.4 Å². The summed E-state index contributed by atoms with van der Waals surface area (Å²) in [5.74, 6) is 0.175. The van der Waals surface area contributed by atoms with Crippen molar-refractivity contribution in [3.63, 3.8) is 0 Å². The van der Waals surface area contributed by atoms with Crippen LogP contribution < -0.4 is 11.1 Å². The molecule has 3 N–H and O–H groups in total. The molecule has 2 heterocycles. The zero-order valence-corrected chi connectivity index (χ0v) is 14.4. The predicted octanol–water partition coefficient (Wildman–Crippen LogP) is 3.74. The Kier molecular flexibility index (Phi) is 4.68. The fraction of sp³-hybridized carbons (Fsp3) is 0.0625. The van der Waals surface area contributed by atoms with Gasteiger partial charge in [-0.1, -0.05) is 12.1 Å². The van der Waals surface area contributed by atoms with Gasteiger partial charge in [-0.25, -0.2) is 9.97 Å². The Morgan fingerprint density at radius 1 is 1.22 bits per heavy atom. The lowest BCUT2D eigenvalue weighted by molar-refractivity contribution is -0.117. The number of benzene rings is 1. The van der Waals surface area contributed by atoms with Gasteiger partial charge in [-0.3, -0.25) is 4.79 Å². The van der Waals surface area contributed by atoms with E-state index in [-0.39, 0.29) is 12.3 Å². The summed E-state index contributed by atoms with van der Waals surface area (Å²) in [7, 11) is 0. The van der Waals surface area contributed by atoms with Crippen molar-refractivity contribution >= 4 is 44.8 Å². The van der Waals surface area contributed by atoms with Crippen LogP contribution in [0.4, 0.5) is 11.6 Å². The normalized spacial score (nSPS) is 10.5. The number of rotatable bonds is 5. The fourth-order valence-corrected chi connectivity index (χ4v) is 3.60. The number of anilines is 2. The van der Waals surface area contributed by atoms with Crippen molar-refractivity contribution in [2.24, 2.45) is 5.73 Å². The molecule has 0 atom stereocenters. The largest absolute Gasteiger partial charge is 0.369 e. The minimum absolute atomic E-state index is 0.235. The Morgan fingerprint density at radius 2 is 2.00 bits per heavy atom. The Labute approximate surface area is 145 Å². The molecule has 0 saturated heterocycles. The molecule has 0 bridgehead atoms. The van der Waals surface area contributed by atoms with E-state index in [9.17, 15) is 4.79 Å². The van der Waals surface area contributed by atoms with Gasteiger partial charge in [-0.15, -0.1) is 11.3 Å². The molecule has 5 nitrogen and oxygen atoms in total. The van der Waals surface area contributed by atoms with Gasteiger partial charge in [0.25, 0.3) is 0 Å². The number of nitrogens with zero attached hydrogens (tertiary/aromatic N) is 2. The van der Waals surface area contributed by atoms with Crippen molar-refractivity contribution < 1.29 is 4.79 Å². The molecule has 0 spiro atoms. The van der Waals surface area contributed by atoms with Crippen LogP contribution in [0.3, 0.4) is 0 Å². The van der Waals surface area contributed by atoms with Crippen molar-refractivity contribution in [3.05, 3.63) is 58.0 Å². The summed E-state index contributed by atoms with van der Waals surface area (Å²) < 4.78 is 1.02. The Morgan fingerprint density at radius 3 is 2.65 bits per heavy atom. The van der Waals surface area contributed by atoms with Gasteiger partial charge in [0.15, 0.2) is 0 Å². The number of primary amides is 1. The van der Waals surface area contributed by atoms with E-state index >= 15 is 0 Å². The van der Waals surface area contributed by atoms with Gasteiger partial charge in [0.05, 0.1) is 17.0 Å². The van der Waals surface area contributed by atoms with Crippen LogP contribution in [0.1, 0.15) is 5.56 Å². The molecule has 7 heteroatoms. The third-order valence-corrected chi connectivity index (χ3v) is 4.95. The van der Waals surface area contributed by atoms with Crippen LogP contribution in [0, 0.1) is 0 Å². The molecule has 3 rings (SSSR count). The fourth-order valence-electron chi connectivity index (χ4n) is 2.06. The highest BCUT2D eigenvalue weighted by molar-refractivity contribution is 9.10. The zero-order chi connectivity index (χ0) is 16.2. The molecular formula is C16H13BrN4OS. The van der Waals surface area contributed by atoms with Crippen LogP contribution >= 0.6 is 27.3 Å². The number of hydrogen-bond acceptors (Lipinski definition) is 5. The Balaban J connectivity index is 1.78. The highest BCUT2D eigenvalue weighted by atomic mass is 79.9. The predicted molar refractivity (Wildman–Crippen MR) is 95.7 cm³/mol. The molecule has 1 aromatic carbocycles. The van der Waals surface area contributed by atoms with Gasteiger partial charge < -0.3 is 11.1 Å². The summed E-state index contributed by atoms with van der Waals surface area (Å²) in [4.78, 5) is 20.7. The highest BCUT2D eigenvalue weighted by Gasteiger charge is 2.08. The average Bonchev–Trinajstić information content (AvgIpc) is 2.95. The Bertz CT molecular complexity index is 832. The van der Waals surface area contributed by atoms with Crippen molar-refractivity contribution in [2.45, 2.75) is 6.42 Å². The number of aromatic nitrogens is 2. The summed E-state index contributed by atoms with van der Waals surface area (Å²) in [6.45, 7) is 0. The minimum atomic E-state index is -0.344. The summed E-state index contributed by atoms with van der Waals surface area (Å²) in [5, 5.41) is 5.16. The maximum atomic E-state index is 10.9. The summed E-state index contributed by atoms with van der Waals surface area (Å²) in [6, 6.07) is 11.3. The molecule has 0 aliphatic heterocycles. The molecule has 0 aliphatic carbocycles. The van der Waals surface area contributed by atoms with Crippen molar-refractivity contribution in [1.29, 1.82) is 0 Å². The molecule has 0 aliphatic rings. The summed E-state index contributed by atoms with van der Waals surface area (Å²) >= 11 is 5.13. The molecule has 3 aromatic rings. The van der Waals surface area contributed by atoms with Crippen LogP contribution in [-0.2, 0) is 11.2 Å². The number of hydrogen-bond donors (Lipinski definition) is 2. The molecule has 0 fully saturated rings. The number of nitrogens with two attached hydrogens (primary N) is 1. The third-order valence-electron chi connectivity index (χ3n) is 3.09. The molecule has 0 saturated carbocycles. The second-order valence-corrected chi connectivity index (χ2v) is 6.60. The van der Waals surface area contributed by atoms with Crippen molar-refractivity contribution in [3.8, 4) is 10.6 Å². The topological polar surface area (TPSA) is 80.9 Å². The molecule has 0 unspecified atom stereocenters. The van der Waals surface area contributed by atoms with Gasteiger partial charge in [-0.2, -0.15) is 0 Å².